The third kappa shape index (κ3) is 1.65. The Hall–Kier alpha value is -0.940. The van der Waals surface area contributed by atoms with Crippen molar-refractivity contribution in [3.8, 4) is 0 Å². The van der Waals surface area contributed by atoms with Gasteiger partial charge in [0, 0.05) is 0 Å². The molecule has 1 aromatic heterocycles. The molecule has 0 unspecified atom stereocenters. The molecule has 2 rings (SSSR count). The Morgan fingerprint density at radius 1 is 1.50 bits per heavy atom. The Labute approximate surface area is 83.3 Å². The third-order valence-corrected chi connectivity index (χ3v) is 2.60. The Bertz CT molecular complexity index is 316. The van der Waals surface area contributed by atoms with E-state index in [0.717, 1.165) is 19.3 Å². The average Bonchev–Trinajstić information content (AvgIpc) is 2.47. The van der Waals surface area contributed by atoms with Crippen LogP contribution in [0.2, 0.25) is 0 Å². The predicted octanol–water partition coefficient (Wildman–Crippen LogP) is 0.469. The molecule has 0 saturated heterocycles. The first kappa shape index (κ1) is 9.61. The molecule has 1 heterocycles. The fourth-order valence-electron chi connectivity index (χ4n) is 1.57. The molecule has 0 amide bonds. The molecule has 0 spiro atoms. The van der Waals surface area contributed by atoms with E-state index in [1.165, 1.54) is 0 Å². The highest BCUT2D eigenvalue weighted by Gasteiger charge is 2.39. The van der Waals surface area contributed by atoms with Crippen LogP contribution in [0.15, 0.2) is 4.52 Å². The highest BCUT2D eigenvalue weighted by atomic mass is 16.5. The van der Waals surface area contributed by atoms with Crippen LogP contribution >= 0.6 is 0 Å². The zero-order chi connectivity index (χ0) is 10.2. The summed E-state index contributed by atoms with van der Waals surface area (Å²) < 4.78 is 5.16. The summed E-state index contributed by atoms with van der Waals surface area (Å²) in [6.45, 7) is 0.694. The molecule has 1 aromatic rings. The van der Waals surface area contributed by atoms with Gasteiger partial charge in [0.2, 0.25) is 5.89 Å². The molecule has 0 aliphatic heterocycles. The minimum atomic E-state index is -0.336. The van der Waals surface area contributed by atoms with Crippen molar-refractivity contribution in [2.24, 2.45) is 5.73 Å². The first-order valence-electron chi connectivity index (χ1n) is 4.87. The zero-order valence-electron chi connectivity index (χ0n) is 8.66. The summed E-state index contributed by atoms with van der Waals surface area (Å²) in [5, 5.41) is 3.90. The van der Waals surface area contributed by atoms with E-state index in [1.807, 2.05) is 19.0 Å². The van der Waals surface area contributed by atoms with E-state index in [-0.39, 0.29) is 5.54 Å². The van der Waals surface area contributed by atoms with E-state index in [4.69, 9.17) is 10.3 Å². The molecule has 14 heavy (non-hydrogen) atoms. The molecule has 2 N–H and O–H groups in total. The smallest absolute Gasteiger partial charge is 0.246 e. The minimum Gasteiger partial charge on any atom is -0.337 e. The molecule has 78 valence electrons. The average molecular weight is 196 g/mol. The van der Waals surface area contributed by atoms with E-state index in [2.05, 4.69) is 10.1 Å². The van der Waals surface area contributed by atoms with Gasteiger partial charge in [-0.1, -0.05) is 5.16 Å². The van der Waals surface area contributed by atoms with Gasteiger partial charge in [0.05, 0.1) is 12.1 Å². The van der Waals surface area contributed by atoms with Gasteiger partial charge in [-0.15, -0.1) is 0 Å². The lowest BCUT2D eigenvalue weighted by atomic mass is 9.78. The van der Waals surface area contributed by atoms with Gasteiger partial charge >= 0.3 is 0 Å². The van der Waals surface area contributed by atoms with E-state index < -0.39 is 0 Å². The Balaban J connectivity index is 2.09. The standard InChI is InChI=1S/C9H16N4O/c1-13(2)6-7-11-8(14-12-7)9(10)4-3-5-9/h3-6,10H2,1-2H3. The second-order valence-corrected chi connectivity index (χ2v) is 4.26. The van der Waals surface area contributed by atoms with Crippen LogP contribution in [-0.4, -0.2) is 29.1 Å². The second-order valence-electron chi connectivity index (χ2n) is 4.26. The summed E-state index contributed by atoms with van der Waals surface area (Å²) in [7, 11) is 3.94. The third-order valence-electron chi connectivity index (χ3n) is 2.60. The summed E-state index contributed by atoms with van der Waals surface area (Å²) in [5.41, 5.74) is 5.72. The molecule has 1 aliphatic carbocycles. The normalized spacial score (nSPS) is 19.7. The molecule has 0 radical (unpaired) electrons. The molecule has 1 aliphatic rings. The Kier molecular flexibility index (Phi) is 2.28. The van der Waals surface area contributed by atoms with E-state index in [1.54, 1.807) is 0 Å². The minimum absolute atomic E-state index is 0.336. The van der Waals surface area contributed by atoms with Crippen LogP contribution in [0, 0.1) is 0 Å². The molecule has 1 fully saturated rings. The van der Waals surface area contributed by atoms with Crippen LogP contribution in [0.3, 0.4) is 0 Å². The van der Waals surface area contributed by atoms with Gasteiger partial charge < -0.3 is 15.2 Å². The summed E-state index contributed by atoms with van der Waals surface area (Å²) in [6.07, 6.45) is 3.06. The van der Waals surface area contributed by atoms with Crippen LogP contribution in [0.4, 0.5) is 0 Å². The van der Waals surface area contributed by atoms with E-state index >= 15 is 0 Å². The van der Waals surface area contributed by atoms with Crippen LogP contribution in [0.25, 0.3) is 0 Å². The molecule has 0 atom stereocenters. The first-order valence-corrected chi connectivity index (χ1v) is 4.87. The van der Waals surface area contributed by atoms with Crippen LogP contribution in [-0.2, 0) is 12.1 Å². The van der Waals surface area contributed by atoms with Crippen molar-refractivity contribution >= 4 is 0 Å². The highest BCUT2D eigenvalue weighted by molar-refractivity contribution is 5.06. The van der Waals surface area contributed by atoms with Crippen molar-refractivity contribution in [2.75, 3.05) is 14.1 Å². The topological polar surface area (TPSA) is 68.2 Å². The van der Waals surface area contributed by atoms with Gasteiger partial charge in [-0.25, -0.2) is 0 Å². The SMILES string of the molecule is CN(C)Cc1noc(C2(N)CCC2)n1. The van der Waals surface area contributed by atoms with Crippen molar-refractivity contribution in [3.63, 3.8) is 0 Å². The fraction of sp³-hybridized carbons (Fsp3) is 0.778. The lowest BCUT2D eigenvalue weighted by molar-refractivity contribution is 0.181. The summed E-state index contributed by atoms with van der Waals surface area (Å²) in [6, 6.07) is 0. The van der Waals surface area contributed by atoms with Crippen LogP contribution in [0.5, 0.6) is 0 Å². The van der Waals surface area contributed by atoms with Crippen molar-refractivity contribution in [1.29, 1.82) is 0 Å². The number of nitrogens with two attached hydrogens (primary N) is 1. The number of nitrogens with zero attached hydrogens (tertiary/aromatic N) is 3. The maximum atomic E-state index is 6.06. The summed E-state index contributed by atoms with van der Waals surface area (Å²) in [5.74, 6) is 1.31. The Morgan fingerprint density at radius 2 is 2.21 bits per heavy atom. The lowest BCUT2D eigenvalue weighted by Crippen LogP contribution is -2.43. The number of hydrogen-bond donors (Lipinski definition) is 1. The number of aromatic nitrogens is 2. The monoisotopic (exact) mass is 196 g/mol. The maximum absolute atomic E-state index is 6.06. The Morgan fingerprint density at radius 3 is 2.71 bits per heavy atom. The van der Waals surface area contributed by atoms with Gasteiger partial charge in [0.15, 0.2) is 5.82 Å². The number of hydrogen-bond acceptors (Lipinski definition) is 5. The van der Waals surface area contributed by atoms with E-state index in [9.17, 15) is 0 Å². The van der Waals surface area contributed by atoms with Crippen molar-refractivity contribution in [3.05, 3.63) is 11.7 Å². The number of rotatable bonds is 3. The van der Waals surface area contributed by atoms with Crippen molar-refractivity contribution in [1.82, 2.24) is 15.0 Å². The maximum Gasteiger partial charge on any atom is 0.246 e. The predicted molar refractivity (Wildman–Crippen MR) is 51.4 cm³/mol. The molecule has 5 heteroatoms. The molecular formula is C9H16N4O. The first-order chi connectivity index (χ1) is 6.60. The van der Waals surface area contributed by atoms with Gasteiger partial charge in [0.25, 0.3) is 0 Å². The molecule has 5 nitrogen and oxygen atoms in total. The van der Waals surface area contributed by atoms with Gasteiger partial charge in [-0.2, -0.15) is 4.98 Å². The summed E-state index contributed by atoms with van der Waals surface area (Å²) >= 11 is 0. The van der Waals surface area contributed by atoms with Gasteiger partial charge in [-0.3, -0.25) is 0 Å². The molecule has 1 saturated carbocycles. The molecule has 0 bridgehead atoms. The van der Waals surface area contributed by atoms with Crippen molar-refractivity contribution < 1.29 is 4.52 Å². The quantitative estimate of drug-likeness (QED) is 0.761. The zero-order valence-corrected chi connectivity index (χ0v) is 8.66. The van der Waals surface area contributed by atoms with Crippen molar-refractivity contribution in [2.45, 2.75) is 31.3 Å². The van der Waals surface area contributed by atoms with Gasteiger partial charge in [-0.05, 0) is 33.4 Å². The molecule has 0 aromatic carbocycles. The van der Waals surface area contributed by atoms with Crippen LogP contribution < -0.4 is 5.73 Å². The lowest BCUT2D eigenvalue weighted by Gasteiger charge is -2.33. The summed E-state index contributed by atoms with van der Waals surface area (Å²) in [4.78, 5) is 6.30. The van der Waals surface area contributed by atoms with E-state index in [0.29, 0.717) is 18.3 Å². The largest absolute Gasteiger partial charge is 0.337 e. The fourth-order valence-corrected chi connectivity index (χ4v) is 1.57. The van der Waals surface area contributed by atoms with Crippen LogP contribution in [0.1, 0.15) is 31.0 Å². The second kappa shape index (κ2) is 3.33. The van der Waals surface area contributed by atoms with Gasteiger partial charge in [0.1, 0.15) is 0 Å². The molecular weight excluding hydrogens is 180 g/mol. The highest BCUT2D eigenvalue weighted by Crippen LogP contribution is 2.37.